The third kappa shape index (κ3) is 3.45. The lowest BCUT2D eigenvalue weighted by molar-refractivity contribution is -0.0999. The van der Waals surface area contributed by atoms with Gasteiger partial charge in [0.15, 0.2) is 0 Å². The van der Waals surface area contributed by atoms with Gasteiger partial charge in [0.05, 0.1) is 5.60 Å². The summed E-state index contributed by atoms with van der Waals surface area (Å²) in [7, 11) is 0. The molecule has 0 amide bonds. The average Bonchev–Trinajstić information content (AvgIpc) is 2.64. The van der Waals surface area contributed by atoms with Gasteiger partial charge in [-0.3, -0.25) is 4.90 Å². The third-order valence-corrected chi connectivity index (χ3v) is 6.48. The van der Waals surface area contributed by atoms with E-state index in [4.69, 9.17) is 0 Å². The summed E-state index contributed by atoms with van der Waals surface area (Å²) < 4.78 is 0. The Kier molecular flexibility index (Phi) is 4.90. The van der Waals surface area contributed by atoms with Crippen molar-refractivity contribution in [1.29, 1.82) is 0 Å². The Labute approximate surface area is 157 Å². The van der Waals surface area contributed by atoms with Gasteiger partial charge in [0.2, 0.25) is 0 Å². The molecule has 0 aromatic heterocycles. The summed E-state index contributed by atoms with van der Waals surface area (Å²) in [4.78, 5) is 2.66. The SMILES string of the molecule is CC(C)c1ccc(C2(O)CC3CCCC(C2)N3Cc2ccccc2)cc1. The number of benzene rings is 2. The predicted molar refractivity (Wildman–Crippen MR) is 107 cm³/mol. The number of nitrogens with zero attached hydrogens (tertiary/aromatic N) is 1. The van der Waals surface area contributed by atoms with Crippen LogP contribution in [0.3, 0.4) is 0 Å². The second-order valence-electron chi connectivity index (χ2n) is 8.61. The molecule has 2 fully saturated rings. The van der Waals surface area contributed by atoms with Crippen molar-refractivity contribution in [1.82, 2.24) is 4.90 Å². The van der Waals surface area contributed by atoms with Crippen LogP contribution in [-0.2, 0) is 12.1 Å². The molecule has 138 valence electrons. The summed E-state index contributed by atoms with van der Waals surface area (Å²) in [6.45, 7) is 5.45. The van der Waals surface area contributed by atoms with Gasteiger partial charge in [-0.2, -0.15) is 0 Å². The molecule has 2 aliphatic heterocycles. The maximum absolute atomic E-state index is 11.5. The minimum absolute atomic E-state index is 0.484. The van der Waals surface area contributed by atoms with Crippen LogP contribution in [0.15, 0.2) is 54.6 Å². The fourth-order valence-electron chi connectivity index (χ4n) is 4.99. The highest BCUT2D eigenvalue weighted by Crippen LogP contribution is 2.45. The summed E-state index contributed by atoms with van der Waals surface area (Å²) in [5.41, 5.74) is 3.17. The minimum Gasteiger partial charge on any atom is -0.385 e. The van der Waals surface area contributed by atoms with Crippen molar-refractivity contribution in [2.75, 3.05) is 0 Å². The van der Waals surface area contributed by atoms with Crippen molar-refractivity contribution in [2.45, 2.75) is 76.1 Å². The van der Waals surface area contributed by atoms with Gasteiger partial charge in [-0.25, -0.2) is 0 Å². The van der Waals surface area contributed by atoms with Crippen molar-refractivity contribution < 1.29 is 5.11 Å². The molecule has 2 aromatic rings. The van der Waals surface area contributed by atoms with Crippen LogP contribution in [0.5, 0.6) is 0 Å². The van der Waals surface area contributed by atoms with Gasteiger partial charge in [-0.05, 0) is 48.3 Å². The largest absolute Gasteiger partial charge is 0.385 e. The first-order chi connectivity index (χ1) is 12.5. The van der Waals surface area contributed by atoms with E-state index in [0.717, 1.165) is 24.9 Å². The lowest BCUT2D eigenvalue weighted by atomic mass is 9.72. The molecular formula is C24H31NO. The smallest absolute Gasteiger partial charge is 0.0926 e. The van der Waals surface area contributed by atoms with E-state index in [1.807, 2.05) is 0 Å². The summed E-state index contributed by atoms with van der Waals surface area (Å²) in [5.74, 6) is 0.533. The van der Waals surface area contributed by atoms with Gasteiger partial charge >= 0.3 is 0 Å². The van der Waals surface area contributed by atoms with Crippen LogP contribution in [0, 0.1) is 0 Å². The lowest BCUT2D eigenvalue weighted by Crippen LogP contribution is -2.56. The van der Waals surface area contributed by atoms with Gasteiger partial charge < -0.3 is 5.11 Å². The van der Waals surface area contributed by atoms with E-state index in [1.165, 1.54) is 30.4 Å². The van der Waals surface area contributed by atoms with Gasteiger partial charge in [0.1, 0.15) is 0 Å². The molecule has 2 saturated heterocycles. The molecule has 2 atom stereocenters. The maximum atomic E-state index is 11.5. The fraction of sp³-hybridized carbons (Fsp3) is 0.500. The van der Waals surface area contributed by atoms with Crippen molar-refractivity contribution in [2.24, 2.45) is 0 Å². The lowest BCUT2D eigenvalue weighted by Gasteiger charge is -2.52. The van der Waals surface area contributed by atoms with E-state index in [9.17, 15) is 5.11 Å². The molecule has 2 aliphatic rings. The number of piperidine rings is 2. The molecule has 4 rings (SSSR count). The van der Waals surface area contributed by atoms with Crippen molar-refractivity contribution >= 4 is 0 Å². The quantitative estimate of drug-likeness (QED) is 0.818. The molecule has 2 unspecified atom stereocenters. The molecule has 0 spiro atoms. The van der Waals surface area contributed by atoms with Crippen molar-refractivity contribution in [3.63, 3.8) is 0 Å². The summed E-state index contributed by atoms with van der Waals surface area (Å²) >= 11 is 0. The summed E-state index contributed by atoms with van der Waals surface area (Å²) in [6, 6.07) is 20.5. The molecule has 2 bridgehead atoms. The first-order valence-electron chi connectivity index (χ1n) is 10.2. The van der Waals surface area contributed by atoms with Gasteiger partial charge in [0.25, 0.3) is 0 Å². The Morgan fingerprint density at radius 1 is 0.962 bits per heavy atom. The number of hydrogen-bond acceptors (Lipinski definition) is 2. The van der Waals surface area contributed by atoms with Crippen LogP contribution >= 0.6 is 0 Å². The van der Waals surface area contributed by atoms with Crippen LogP contribution in [0.4, 0.5) is 0 Å². The zero-order valence-electron chi connectivity index (χ0n) is 16.1. The molecule has 2 nitrogen and oxygen atoms in total. The molecule has 0 radical (unpaired) electrons. The van der Waals surface area contributed by atoms with E-state index >= 15 is 0 Å². The zero-order chi connectivity index (χ0) is 18.1. The van der Waals surface area contributed by atoms with E-state index in [1.54, 1.807) is 0 Å². The number of aliphatic hydroxyl groups is 1. The van der Waals surface area contributed by atoms with Gasteiger partial charge in [0, 0.05) is 18.6 Å². The Morgan fingerprint density at radius 2 is 1.58 bits per heavy atom. The molecule has 0 aliphatic carbocycles. The Morgan fingerprint density at radius 3 is 2.15 bits per heavy atom. The first kappa shape index (κ1) is 17.8. The number of rotatable bonds is 4. The monoisotopic (exact) mass is 349 g/mol. The summed E-state index contributed by atoms with van der Waals surface area (Å²) in [5, 5.41) is 11.5. The van der Waals surface area contributed by atoms with Gasteiger partial charge in [-0.15, -0.1) is 0 Å². The standard InChI is InChI=1S/C24H31NO/c1-18(2)20-11-13-21(14-12-20)24(26)15-22-9-6-10-23(16-24)25(22)17-19-7-4-3-5-8-19/h3-5,7-8,11-14,18,22-23,26H,6,9-10,15-17H2,1-2H3. The molecule has 2 aromatic carbocycles. The average molecular weight is 350 g/mol. The molecule has 2 heterocycles. The van der Waals surface area contributed by atoms with Crippen LogP contribution in [-0.4, -0.2) is 22.1 Å². The van der Waals surface area contributed by atoms with E-state index in [2.05, 4.69) is 73.3 Å². The highest BCUT2D eigenvalue weighted by molar-refractivity contribution is 5.30. The minimum atomic E-state index is -0.668. The zero-order valence-corrected chi connectivity index (χ0v) is 16.1. The first-order valence-corrected chi connectivity index (χ1v) is 10.2. The molecular weight excluding hydrogens is 318 g/mol. The molecule has 26 heavy (non-hydrogen) atoms. The number of hydrogen-bond donors (Lipinski definition) is 1. The van der Waals surface area contributed by atoms with Crippen LogP contribution in [0.2, 0.25) is 0 Å². The van der Waals surface area contributed by atoms with Crippen molar-refractivity contribution in [3.05, 3.63) is 71.3 Å². The van der Waals surface area contributed by atoms with Crippen LogP contribution < -0.4 is 0 Å². The predicted octanol–water partition coefficient (Wildman–Crippen LogP) is 5.21. The highest BCUT2D eigenvalue weighted by Gasteiger charge is 2.46. The molecule has 2 heteroatoms. The normalized spacial score (nSPS) is 29.1. The second kappa shape index (κ2) is 7.17. The van der Waals surface area contributed by atoms with E-state index < -0.39 is 5.60 Å². The van der Waals surface area contributed by atoms with Crippen molar-refractivity contribution in [3.8, 4) is 0 Å². The topological polar surface area (TPSA) is 23.5 Å². The number of fused-ring (bicyclic) bond motifs is 2. The molecule has 1 N–H and O–H groups in total. The van der Waals surface area contributed by atoms with E-state index in [0.29, 0.717) is 18.0 Å². The molecule has 0 saturated carbocycles. The Hall–Kier alpha value is -1.64. The third-order valence-electron chi connectivity index (χ3n) is 6.48. The van der Waals surface area contributed by atoms with Crippen LogP contribution in [0.25, 0.3) is 0 Å². The van der Waals surface area contributed by atoms with Gasteiger partial charge in [-0.1, -0.05) is 74.9 Å². The summed E-state index contributed by atoms with van der Waals surface area (Å²) in [6.07, 6.45) is 5.42. The Balaban J connectivity index is 1.55. The van der Waals surface area contributed by atoms with E-state index in [-0.39, 0.29) is 0 Å². The highest BCUT2D eigenvalue weighted by atomic mass is 16.3. The second-order valence-corrected chi connectivity index (χ2v) is 8.61. The maximum Gasteiger partial charge on any atom is 0.0926 e. The van der Waals surface area contributed by atoms with Crippen LogP contribution in [0.1, 0.15) is 68.6 Å². The Bertz CT molecular complexity index is 708. The fourth-order valence-corrected chi connectivity index (χ4v) is 4.99.